The minimum absolute atomic E-state index is 0.0385. The molecule has 1 heterocycles. The van der Waals surface area contributed by atoms with E-state index < -0.39 is 5.60 Å². The van der Waals surface area contributed by atoms with E-state index >= 15 is 0 Å². The molecule has 1 aromatic rings. The summed E-state index contributed by atoms with van der Waals surface area (Å²) >= 11 is 0. The fourth-order valence-electron chi connectivity index (χ4n) is 2.55. The van der Waals surface area contributed by atoms with Crippen LogP contribution < -0.4 is 5.32 Å². The lowest BCUT2D eigenvalue weighted by atomic mass is 9.97. The molecule has 0 spiro atoms. The molecule has 0 saturated carbocycles. The van der Waals surface area contributed by atoms with Gasteiger partial charge in [0.1, 0.15) is 6.04 Å². The van der Waals surface area contributed by atoms with Crippen molar-refractivity contribution in [2.45, 2.75) is 38.3 Å². The van der Waals surface area contributed by atoms with Crippen LogP contribution in [0.3, 0.4) is 0 Å². The average Bonchev–Trinajstić information content (AvgIpc) is 2.35. The van der Waals surface area contributed by atoms with E-state index in [4.69, 9.17) is 0 Å². The van der Waals surface area contributed by atoms with Gasteiger partial charge in [-0.1, -0.05) is 18.2 Å². The average molecular weight is 262 g/mol. The minimum Gasteiger partial charge on any atom is -0.389 e. The predicted molar refractivity (Wildman–Crippen MR) is 76.1 cm³/mol. The maximum absolute atomic E-state index is 12.3. The Bertz CT molecular complexity index is 465. The van der Waals surface area contributed by atoms with Crippen molar-refractivity contribution in [2.75, 3.05) is 18.9 Å². The second kappa shape index (κ2) is 5.21. The van der Waals surface area contributed by atoms with Crippen molar-refractivity contribution in [3.8, 4) is 0 Å². The summed E-state index contributed by atoms with van der Waals surface area (Å²) < 4.78 is 0. The molecule has 1 amide bonds. The van der Waals surface area contributed by atoms with Gasteiger partial charge in [-0.3, -0.25) is 4.79 Å². The van der Waals surface area contributed by atoms with Crippen LogP contribution in [0.4, 0.5) is 5.69 Å². The lowest BCUT2D eigenvalue weighted by molar-refractivity contribution is -0.133. The van der Waals surface area contributed by atoms with Crippen LogP contribution in [0.1, 0.15) is 25.8 Å². The number of carbonyl (C=O) groups is 1. The van der Waals surface area contributed by atoms with E-state index in [1.54, 1.807) is 25.8 Å². The predicted octanol–water partition coefficient (Wildman–Crippen LogP) is 1.64. The number of hydrogen-bond donors (Lipinski definition) is 2. The van der Waals surface area contributed by atoms with Gasteiger partial charge in [0.25, 0.3) is 0 Å². The van der Waals surface area contributed by atoms with Crippen molar-refractivity contribution in [3.05, 3.63) is 29.8 Å². The first kappa shape index (κ1) is 13.9. The highest BCUT2D eigenvalue weighted by Crippen LogP contribution is 2.25. The molecule has 0 bridgehead atoms. The van der Waals surface area contributed by atoms with Crippen LogP contribution >= 0.6 is 0 Å². The number of anilines is 1. The number of benzene rings is 1. The SMILES string of the molecule is CN(CC(C)(C)O)C(=O)C1CCc2ccccc2N1. The second-order valence-electron chi connectivity index (χ2n) is 5.90. The summed E-state index contributed by atoms with van der Waals surface area (Å²) in [5.74, 6) is 0.0385. The van der Waals surface area contributed by atoms with Gasteiger partial charge < -0.3 is 15.3 Å². The number of para-hydroxylation sites is 1. The van der Waals surface area contributed by atoms with Gasteiger partial charge in [-0.2, -0.15) is 0 Å². The summed E-state index contributed by atoms with van der Waals surface area (Å²) in [4.78, 5) is 13.9. The van der Waals surface area contributed by atoms with E-state index in [-0.39, 0.29) is 11.9 Å². The van der Waals surface area contributed by atoms with E-state index in [1.165, 1.54) is 5.56 Å². The molecule has 1 aliphatic rings. The van der Waals surface area contributed by atoms with E-state index in [0.29, 0.717) is 6.54 Å². The molecule has 0 aliphatic carbocycles. The highest BCUT2D eigenvalue weighted by atomic mass is 16.3. The van der Waals surface area contributed by atoms with E-state index in [2.05, 4.69) is 11.4 Å². The van der Waals surface area contributed by atoms with Crippen molar-refractivity contribution in [2.24, 2.45) is 0 Å². The summed E-state index contributed by atoms with van der Waals surface area (Å²) in [5.41, 5.74) is 1.44. The lowest BCUT2D eigenvalue weighted by Crippen LogP contribution is -2.47. The van der Waals surface area contributed by atoms with Crippen LogP contribution in [-0.2, 0) is 11.2 Å². The number of rotatable bonds is 3. The van der Waals surface area contributed by atoms with Crippen molar-refractivity contribution in [1.82, 2.24) is 4.90 Å². The Morgan fingerprint density at radius 3 is 2.84 bits per heavy atom. The molecule has 1 aliphatic heterocycles. The molecule has 19 heavy (non-hydrogen) atoms. The second-order valence-corrected chi connectivity index (χ2v) is 5.90. The van der Waals surface area contributed by atoms with Gasteiger partial charge in [-0.15, -0.1) is 0 Å². The maximum Gasteiger partial charge on any atom is 0.244 e. The molecule has 1 unspecified atom stereocenters. The van der Waals surface area contributed by atoms with Gasteiger partial charge in [0.05, 0.1) is 5.60 Å². The smallest absolute Gasteiger partial charge is 0.244 e. The molecule has 2 N–H and O–H groups in total. The number of amides is 1. The molecule has 104 valence electrons. The van der Waals surface area contributed by atoms with Crippen LogP contribution in [0, 0.1) is 0 Å². The molecule has 1 aromatic carbocycles. The van der Waals surface area contributed by atoms with Gasteiger partial charge in [0, 0.05) is 19.3 Å². The summed E-state index contributed by atoms with van der Waals surface area (Å²) in [6, 6.07) is 7.89. The zero-order valence-electron chi connectivity index (χ0n) is 11.8. The number of likely N-dealkylation sites (N-methyl/N-ethyl adjacent to an activating group) is 1. The van der Waals surface area contributed by atoms with Crippen LogP contribution in [0.25, 0.3) is 0 Å². The lowest BCUT2D eigenvalue weighted by Gasteiger charge is -2.32. The summed E-state index contributed by atoms with van der Waals surface area (Å²) in [7, 11) is 1.74. The van der Waals surface area contributed by atoms with Crippen LogP contribution in [0.15, 0.2) is 24.3 Å². The number of fused-ring (bicyclic) bond motifs is 1. The summed E-state index contributed by atoms with van der Waals surface area (Å²) in [6.45, 7) is 3.76. The monoisotopic (exact) mass is 262 g/mol. The number of nitrogens with zero attached hydrogens (tertiary/aromatic N) is 1. The standard InChI is InChI=1S/C15H22N2O2/c1-15(2,19)10-17(3)14(18)13-9-8-11-6-4-5-7-12(11)16-13/h4-7,13,16,19H,8-10H2,1-3H3. The highest BCUT2D eigenvalue weighted by molar-refractivity contribution is 5.85. The first-order chi connectivity index (χ1) is 8.87. The minimum atomic E-state index is -0.864. The largest absolute Gasteiger partial charge is 0.389 e. The molecule has 4 nitrogen and oxygen atoms in total. The van der Waals surface area contributed by atoms with Gasteiger partial charge in [0.15, 0.2) is 0 Å². The van der Waals surface area contributed by atoms with Crippen molar-refractivity contribution < 1.29 is 9.90 Å². The van der Waals surface area contributed by atoms with Crippen LogP contribution in [0.2, 0.25) is 0 Å². The third kappa shape index (κ3) is 3.47. The van der Waals surface area contributed by atoms with E-state index in [1.807, 2.05) is 18.2 Å². The van der Waals surface area contributed by atoms with Crippen LogP contribution in [0.5, 0.6) is 0 Å². The van der Waals surface area contributed by atoms with Crippen LogP contribution in [-0.4, -0.2) is 41.1 Å². The third-order valence-electron chi connectivity index (χ3n) is 3.35. The third-order valence-corrected chi connectivity index (χ3v) is 3.35. The first-order valence-electron chi connectivity index (χ1n) is 6.68. The normalized spacial score (nSPS) is 18.4. The Hall–Kier alpha value is -1.55. The van der Waals surface area contributed by atoms with Gasteiger partial charge in [0.2, 0.25) is 5.91 Å². The Kier molecular flexibility index (Phi) is 3.80. The topological polar surface area (TPSA) is 52.6 Å². The summed E-state index contributed by atoms with van der Waals surface area (Å²) in [5, 5.41) is 13.1. The Labute approximate surface area is 114 Å². The molecular formula is C15H22N2O2. The van der Waals surface area contributed by atoms with Gasteiger partial charge in [-0.05, 0) is 38.3 Å². The Balaban J connectivity index is 2.03. The fourth-order valence-corrected chi connectivity index (χ4v) is 2.55. The molecular weight excluding hydrogens is 240 g/mol. The molecule has 1 atom stereocenters. The maximum atomic E-state index is 12.3. The number of aliphatic hydroxyl groups is 1. The molecule has 0 radical (unpaired) electrons. The fraction of sp³-hybridized carbons (Fsp3) is 0.533. The molecule has 0 aromatic heterocycles. The number of nitrogens with one attached hydrogen (secondary N) is 1. The number of carbonyl (C=O) groups excluding carboxylic acids is 1. The zero-order valence-corrected chi connectivity index (χ0v) is 11.8. The zero-order chi connectivity index (χ0) is 14.0. The molecule has 2 rings (SSSR count). The number of aryl methyl sites for hydroxylation is 1. The Morgan fingerprint density at radius 1 is 1.47 bits per heavy atom. The highest BCUT2D eigenvalue weighted by Gasteiger charge is 2.28. The summed E-state index contributed by atoms with van der Waals surface area (Å²) in [6.07, 6.45) is 1.71. The van der Waals surface area contributed by atoms with E-state index in [0.717, 1.165) is 18.5 Å². The van der Waals surface area contributed by atoms with Gasteiger partial charge in [-0.25, -0.2) is 0 Å². The van der Waals surface area contributed by atoms with Gasteiger partial charge >= 0.3 is 0 Å². The number of hydrogen-bond acceptors (Lipinski definition) is 3. The van der Waals surface area contributed by atoms with Crippen molar-refractivity contribution in [3.63, 3.8) is 0 Å². The first-order valence-corrected chi connectivity index (χ1v) is 6.68. The molecule has 0 saturated heterocycles. The van der Waals surface area contributed by atoms with Crippen molar-refractivity contribution >= 4 is 11.6 Å². The molecule has 4 heteroatoms. The van der Waals surface area contributed by atoms with E-state index in [9.17, 15) is 9.90 Å². The molecule has 0 fully saturated rings. The Morgan fingerprint density at radius 2 is 2.16 bits per heavy atom. The quantitative estimate of drug-likeness (QED) is 0.870. The van der Waals surface area contributed by atoms with Crippen molar-refractivity contribution in [1.29, 1.82) is 0 Å².